The van der Waals surface area contributed by atoms with Gasteiger partial charge in [0.05, 0.1) is 11.0 Å². The Hall–Kier alpha value is -1.29. The maximum absolute atomic E-state index is 11.0. The van der Waals surface area contributed by atoms with E-state index in [1.165, 1.54) is 6.07 Å². The average molecular weight is 300 g/mol. The molecule has 0 radical (unpaired) electrons. The highest BCUT2D eigenvalue weighted by Gasteiger charge is 2.18. The minimum atomic E-state index is -0.423. The lowest BCUT2D eigenvalue weighted by Crippen LogP contribution is -2.10. The van der Waals surface area contributed by atoms with E-state index in [1.807, 2.05) is 13.8 Å². The fraction of sp³-hybridized carbons (Fsp3) is 0.600. The number of ether oxygens (including phenoxy) is 1. The molecule has 0 aliphatic carbocycles. The third-order valence-electron chi connectivity index (χ3n) is 2.77. The number of alkyl halides is 1. The first-order chi connectivity index (χ1) is 9.29. The van der Waals surface area contributed by atoms with E-state index in [1.54, 1.807) is 12.1 Å². The Labute approximate surface area is 125 Å². The Kier molecular flexibility index (Phi) is 6.27. The van der Waals surface area contributed by atoms with Gasteiger partial charge in [-0.2, -0.15) is 0 Å². The van der Waals surface area contributed by atoms with Crippen LogP contribution in [0.25, 0.3) is 0 Å². The van der Waals surface area contributed by atoms with E-state index < -0.39 is 4.92 Å². The van der Waals surface area contributed by atoms with Crippen molar-refractivity contribution < 1.29 is 9.66 Å². The van der Waals surface area contributed by atoms with E-state index in [9.17, 15) is 10.1 Å². The van der Waals surface area contributed by atoms with E-state index in [4.69, 9.17) is 16.3 Å². The molecule has 1 aromatic carbocycles. The first-order valence-corrected chi connectivity index (χ1v) is 7.31. The molecule has 0 saturated carbocycles. The predicted molar refractivity (Wildman–Crippen MR) is 81.7 cm³/mol. The molecule has 0 N–H and O–H groups in total. The average Bonchev–Trinajstić information content (AvgIpc) is 2.26. The van der Waals surface area contributed by atoms with Crippen molar-refractivity contribution in [1.29, 1.82) is 0 Å². The van der Waals surface area contributed by atoms with Crippen molar-refractivity contribution in [3.05, 3.63) is 33.9 Å². The van der Waals surface area contributed by atoms with Crippen LogP contribution in [0.4, 0.5) is 5.69 Å². The summed E-state index contributed by atoms with van der Waals surface area (Å²) < 4.78 is 5.53. The molecule has 20 heavy (non-hydrogen) atoms. The normalized spacial score (nSPS) is 12.8. The molecule has 0 amide bonds. The molecule has 1 unspecified atom stereocenters. The highest BCUT2D eigenvalue weighted by Crippen LogP contribution is 2.30. The van der Waals surface area contributed by atoms with Crippen molar-refractivity contribution in [2.45, 2.75) is 52.0 Å². The Bertz CT molecular complexity index is 460. The van der Waals surface area contributed by atoms with Crippen LogP contribution in [0.15, 0.2) is 18.2 Å². The highest BCUT2D eigenvalue weighted by molar-refractivity contribution is 6.20. The van der Waals surface area contributed by atoms with E-state index in [0.717, 1.165) is 12.0 Å². The Morgan fingerprint density at radius 2 is 1.95 bits per heavy atom. The lowest BCUT2D eigenvalue weighted by Gasteiger charge is -2.14. The van der Waals surface area contributed by atoms with Crippen LogP contribution < -0.4 is 4.74 Å². The Morgan fingerprint density at radius 1 is 1.30 bits per heavy atom. The van der Waals surface area contributed by atoms with E-state index in [2.05, 4.69) is 13.8 Å². The van der Waals surface area contributed by atoms with Crippen molar-refractivity contribution in [2.75, 3.05) is 0 Å². The number of benzene rings is 1. The molecule has 112 valence electrons. The largest absolute Gasteiger partial charge is 0.484 e. The molecule has 0 saturated heterocycles. The topological polar surface area (TPSA) is 52.4 Å². The zero-order chi connectivity index (χ0) is 15.3. The summed E-state index contributed by atoms with van der Waals surface area (Å²) in [6.45, 7) is 7.94. The van der Waals surface area contributed by atoms with Crippen LogP contribution in [-0.2, 0) is 6.42 Å². The number of nitro benzene ring substituents is 1. The highest BCUT2D eigenvalue weighted by atomic mass is 35.5. The van der Waals surface area contributed by atoms with Gasteiger partial charge in [-0.25, -0.2) is 0 Å². The van der Waals surface area contributed by atoms with E-state index in [-0.39, 0.29) is 17.2 Å². The van der Waals surface area contributed by atoms with Crippen LogP contribution in [0.2, 0.25) is 0 Å². The number of nitro groups is 1. The lowest BCUT2D eigenvalue weighted by molar-refractivity contribution is -0.386. The van der Waals surface area contributed by atoms with Gasteiger partial charge < -0.3 is 4.74 Å². The second-order valence-electron chi connectivity index (χ2n) is 5.66. The van der Waals surface area contributed by atoms with Crippen molar-refractivity contribution in [2.24, 2.45) is 5.92 Å². The monoisotopic (exact) mass is 299 g/mol. The molecule has 0 aliphatic heterocycles. The van der Waals surface area contributed by atoms with Gasteiger partial charge >= 0.3 is 5.69 Å². The maximum atomic E-state index is 11.0. The van der Waals surface area contributed by atoms with Crippen LogP contribution in [0.1, 0.15) is 39.7 Å². The van der Waals surface area contributed by atoms with Gasteiger partial charge in [0, 0.05) is 11.4 Å². The summed E-state index contributed by atoms with van der Waals surface area (Å²) in [5, 5.41) is 11.0. The van der Waals surface area contributed by atoms with Crippen molar-refractivity contribution >= 4 is 17.3 Å². The van der Waals surface area contributed by atoms with Gasteiger partial charge in [0.15, 0.2) is 5.75 Å². The van der Waals surface area contributed by atoms with Gasteiger partial charge in [-0.05, 0) is 44.2 Å². The van der Waals surface area contributed by atoms with Gasteiger partial charge in [-0.3, -0.25) is 10.1 Å². The minimum absolute atomic E-state index is 0.00238. The second kappa shape index (κ2) is 7.48. The summed E-state index contributed by atoms with van der Waals surface area (Å²) in [4.78, 5) is 10.6. The molecular formula is C15H22ClNO3. The number of hydrogen-bond donors (Lipinski definition) is 0. The molecule has 0 spiro atoms. The molecule has 1 atom stereocenters. The fourth-order valence-corrected chi connectivity index (χ4v) is 2.57. The zero-order valence-electron chi connectivity index (χ0n) is 12.4. The molecule has 0 fully saturated rings. The van der Waals surface area contributed by atoms with Gasteiger partial charge in [0.2, 0.25) is 0 Å². The maximum Gasteiger partial charge on any atom is 0.310 e. The Balaban J connectivity index is 2.91. The van der Waals surface area contributed by atoms with Crippen molar-refractivity contribution in [3.8, 4) is 5.75 Å². The van der Waals surface area contributed by atoms with Gasteiger partial charge in [-0.1, -0.05) is 19.9 Å². The number of nitrogens with zero attached hydrogens (tertiary/aromatic N) is 1. The van der Waals surface area contributed by atoms with Crippen LogP contribution >= 0.6 is 11.6 Å². The molecule has 1 aromatic rings. The van der Waals surface area contributed by atoms with Crippen LogP contribution in [-0.4, -0.2) is 16.4 Å². The summed E-state index contributed by atoms with van der Waals surface area (Å²) in [5.41, 5.74) is 0.962. The van der Waals surface area contributed by atoms with E-state index >= 15 is 0 Å². The summed E-state index contributed by atoms with van der Waals surface area (Å²) in [6, 6.07) is 4.97. The SMILES string of the molecule is CC(C)CC(Cl)Cc1ccc([N+](=O)[O-])c(OC(C)C)c1. The summed E-state index contributed by atoms with van der Waals surface area (Å²) in [6.07, 6.45) is 1.50. The van der Waals surface area contributed by atoms with Gasteiger partial charge in [-0.15, -0.1) is 11.6 Å². The number of rotatable bonds is 7. The minimum Gasteiger partial charge on any atom is -0.484 e. The molecule has 4 nitrogen and oxygen atoms in total. The predicted octanol–water partition coefficient (Wildman–Crippen LogP) is 4.58. The first-order valence-electron chi connectivity index (χ1n) is 6.87. The first kappa shape index (κ1) is 16.8. The van der Waals surface area contributed by atoms with Gasteiger partial charge in [0.25, 0.3) is 0 Å². The van der Waals surface area contributed by atoms with Crippen LogP contribution in [0.5, 0.6) is 5.75 Å². The van der Waals surface area contributed by atoms with Gasteiger partial charge in [0.1, 0.15) is 0 Å². The molecule has 1 rings (SSSR count). The van der Waals surface area contributed by atoms with Crippen LogP contribution in [0, 0.1) is 16.0 Å². The summed E-state index contributed by atoms with van der Waals surface area (Å²) in [5.74, 6) is 0.845. The summed E-state index contributed by atoms with van der Waals surface area (Å²) >= 11 is 6.30. The number of halogens is 1. The van der Waals surface area contributed by atoms with E-state index in [0.29, 0.717) is 18.1 Å². The van der Waals surface area contributed by atoms with Crippen LogP contribution in [0.3, 0.4) is 0 Å². The molecule has 0 heterocycles. The second-order valence-corrected chi connectivity index (χ2v) is 6.27. The number of hydrogen-bond acceptors (Lipinski definition) is 3. The smallest absolute Gasteiger partial charge is 0.310 e. The quantitative estimate of drug-likeness (QED) is 0.421. The standard InChI is InChI=1S/C15H22ClNO3/c1-10(2)7-13(16)8-12-5-6-14(17(18)19)15(9-12)20-11(3)4/h5-6,9-11,13H,7-8H2,1-4H3. The summed E-state index contributed by atoms with van der Waals surface area (Å²) in [7, 11) is 0. The molecule has 0 aliphatic rings. The molecule has 5 heteroatoms. The third-order valence-corrected chi connectivity index (χ3v) is 3.10. The zero-order valence-corrected chi connectivity index (χ0v) is 13.2. The molecule has 0 bridgehead atoms. The molecule has 0 aromatic heterocycles. The fourth-order valence-electron chi connectivity index (χ4n) is 2.04. The van der Waals surface area contributed by atoms with Crippen molar-refractivity contribution in [3.63, 3.8) is 0 Å². The Morgan fingerprint density at radius 3 is 2.45 bits per heavy atom. The van der Waals surface area contributed by atoms with Crippen molar-refractivity contribution in [1.82, 2.24) is 0 Å². The third kappa shape index (κ3) is 5.37. The molecular weight excluding hydrogens is 278 g/mol. The lowest BCUT2D eigenvalue weighted by atomic mass is 10.0.